The van der Waals surface area contributed by atoms with Gasteiger partial charge in [0.25, 0.3) is 5.91 Å². The molecule has 0 saturated heterocycles. The van der Waals surface area contributed by atoms with Gasteiger partial charge in [0.1, 0.15) is 5.82 Å². The van der Waals surface area contributed by atoms with Crippen LogP contribution in [0.15, 0.2) is 53.5 Å². The van der Waals surface area contributed by atoms with Gasteiger partial charge in [-0.25, -0.2) is 14.2 Å². The molecule has 1 atom stereocenters. The highest BCUT2D eigenvalue weighted by molar-refractivity contribution is 6.20. The molecule has 1 saturated carbocycles. The second-order valence-corrected chi connectivity index (χ2v) is 8.13. The normalized spacial score (nSPS) is 19.3. The van der Waals surface area contributed by atoms with Crippen molar-refractivity contribution in [3.63, 3.8) is 0 Å². The van der Waals surface area contributed by atoms with Gasteiger partial charge in [-0.1, -0.05) is 49.6 Å². The van der Waals surface area contributed by atoms with E-state index in [1.54, 1.807) is 37.4 Å². The maximum Gasteiger partial charge on any atom is 0.316 e. The van der Waals surface area contributed by atoms with E-state index >= 15 is 0 Å². The van der Waals surface area contributed by atoms with Gasteiger partial charge in [0, 0.05) is 24.7 Å². The summed E-state index contributed by atoms with van der Waals surface area (Å²) < 4.78 is 14.6. The number of carbonyl (C=O) groups is 2. The standard InChI is InChI=1S/C24H27FN4O2/c1-29-20-14-8-6-12-18(20)21(17-11-5-7-13-19(17)25)27-22(23(29)30)28-24(31)26-15-16-9-3-2-4-10-16/h5-8,11-14,16,22H,2-4,9-10,15H2,1H3,(H2,26,28,31). The number of amides is 3. The number of hydrogen-bond donors (Lipinski definition) is 2. The van der Waals surface area contributed by atoms with Crippen molar-refractivity contribution in [2.45, 2.75) is 38.3 Å². The van der Waals surface area contributed by atoms with E-state index in [4.69, 9.17) is 0 Å². The van der Waals surface area contributed by atoms with Gasteiger partial charge in [-0.3, -0.25) is 4.79 Å². The first-order valence-electron chi connectivity index (χ1n) is 10.8. The fourth-order valence-corrected chi connectivity index (χ4v) is 4.29. The van der Waals surface area contributed by atoms with Gasteiger partial charge in [-0.2, -0.15) is 0 Å². The lowest BCUT2D eigenvalue weighted by molar-refractivity contribution is -0.119. The second kappa shape index (κ2) is 9.29. The largest absolute Gasteiger partial charge is 0.338 e. The third-order valence-electron chi connectivity index (χ3n) is 6.02. The molecule has 7 heteroatoms. The number of para-hydroxylation sites is 1. The molecule has 2 aromatic rings. The van der Waals surface area contributed by atoms with Gasteiger partial charge in [-0.05, 0) is 37.0 Å². The zero-order valence-electron chi connectivity index (χ0n) is 17.6. The molecule has 4 rings (SSSR count). The number of nitrogens with one attached hydrogen (secondary N) is 2. The predicted molar refractivity (Wildman–Crippen MR) is 119 cm³/mol. The first-order chi connectivity index (χ1) is 15.0. The summed E-state index contributed by atoms with van der Waals surface area (Å²) in [4.78, 5) is 31.6. The maximum absolute atomic E-state index is 14.6. The number of anilines is 1. The van der Waals surface area contributed by atoms with E-state index in [1.807, 2.05) is 12.1 Å². The molecule has 1 aliphatic heterocycles. The number of halogens is 1. The Morgan fingerprint density at radius 1 is 1.06 bits per heavy atom. The van der Waals surface area contributed by atoms with Crippen molar-refractivity contribution in [1.82, 2.24) is 10.6 Å². The number of urea groups is 1. The van der Waals surface area contributed by atoms with Crippen molar-refractivity contribution in [3.05, 3.63) is 65.5 Å². The van der Waals surface area contributed by atoms with E-state index in [-0.39, 0.29) is 11.5 Å². The van der Waals surface area contributed by atoms with Crippen LogP contribution in [0.2, 0.25) is 0 Å². The predicted octanol–water partition coefficient (Wildman–Crippen LogP) is 3.85. The molecule has 1 aliphatic carbocycles. The monoisotopic (exact) mass is 422 g/mol. The fourth-order valence-electron chi connectivity index (χ4n) is 4.29. The molecule has 3 amide bonds. The Morgan fingerprint density at radius 3 is 2.48 bits per heavy atom. The van der Waals surface area contributed by atoms with Crippen LogP contribution in [-0.4, -0.2) is 37.4 Å². The summed E-state index contributed by atoms with van der Waals surface area (Å²) in [5.74, 6) is -0.353. The third kappa shape index (κ3) is 4.60. The van der Waals surface area contributed by atoms with Crippen LogP contribution in [0.1, 0.15) is 43.2 Å². The van der Waals surface area contributed by atoms with Gasteiger partial charge >= 0.3 is 6.03 Å². The quantitative estimate of drug-likeness (QED) is 0.786. The number of nitrogens with zero attached hydrogens (tertiary/aromatic N) is 2. The number of likely N-dealkylation sites (N-methyl/N-ethyl adjacent to an activating group) is 1. The number of hydrogen-bond acceptors (Lipinski definition) is 3. The van der Waals surface area contributed by atoms with Crippen LogP contribution in [0.3, 0.4) is 0 Å². The molecule has 2 N–H and O–H groups in total. The highest BCUT2D eigenvalue weighted by Crippen LogP contribution is 2.28. The van der Waals surface area contributed by atoms with Crippen molar-refractivity contribution in [1.29, 1.82) is 0 Å². The van der Waals surface area contributed by atoms with Crippen LogP contribution in [0.5, 0.6) is 0 Å². The van der Waals surface area contributed by atoms with Crippen molar-refractivity contribution < 1.29 is 14.0 Å². The summed E-state index contributed by atoms with van der Waals surface area (Å²) in [6.45, 7) is 0.576. The lowest BCUT2D eigenvalue weighted by atomic mass is 9.89. The maximum atomic E-state index is 14.6. The Labute approximate surface area is 181 Å². The molecular weight excluding hydrogens is 395 g/mol. The minimum Gasteiger partial charge on any atom is -0.338 e. The lowest BCUT2D eigenvalue weighted by Crippen LogP contribution is -2.50. The average Bonchev–Trinajstić information content (AvgIpc) is 2.90. The number of benzene rings is 2. The molecular formula is C24H27FN4O2. The van der Waals surface area contributed by atoms with Crippen molar-refractivity contribution in [3.8, 4) is 0 Å². The molecule has 0 radical (unpaired) electrons. The van der Waals surface area contributed by atoms with Crippen LogP contribution in [-0.2, 0) is 4.79 Å². The number of rotatable bonds is 4. The minimum atomic E-state index is -1.15. The number of carbonyl (C=O) groups excluding carboxylic acids is 2. The summed E-state index contributed by atoms with van der Waals surface area (Å²) >= 11 is 0. The first-order valence-corrected chi connectivity index (χ1v) is 10.8. The zero-order valence-corrected chi connectivity index (χ0v) is 17.6. The first kappa shape index (κ1) is 21.0. The van der Waals surface area contributed by atoms with E-state index in [0.717, 1.165) is 12.8 Å². The highest BCUT2D eigenvalue weighted by atomic mass is 19.1. The van der Waals surface area contributed by atoms with Crippen LogP contribution in [0.4, 0.5) is 14.9 Å². The Morgan fingerprint density at radius 2 is 1.74 bits per heavy atom. The Balaban J connectivity index is 1.61. The van der Waals surface area contributed by atoms with Crippen molar-refractivity contribution in [2.75, 3.05) is 18.5 Å². The van der Waals surface area contributed by atoms with Crippen LogP contribution in [0.25, 0.3) is 0 Å². The molecule has 1 fully saturated rings. The Bertz CT molecular complexity index is 1000. The minimum absolute atomic E-state index is 0.285. The van der Waals surface area contributed by atoms with Gasteiger partial charge in [0.2, 0.25) is 6.17 Å². The Hall–Kier alpha value is -3.22. The average molecular weight is 423 g/mol. The summed E-state index contributed by atoms with van der Waals surface area (Å²) in [5.41, 5.74) is 1.87. The summed E-state index contributed by atoms with van der Waals surface area (Å²) in [5, 5.41) is 5.56. The molecule has 1 heterocycles. The van der Waals surface area contributed by atoms with E-state index in [9.17, 15) is 14.0 Å². The summed E-state index contributed by atoms with van der Waals surface area (Å²) in [6, 6.07) is 13.1. The highest BCUT2D eigenvalue weighted by Gasteiger charge is 2.31. The van der Waals surface area contributed by atoms with Crippen molar-refractivity contribution in [2.24, 2.45) is 10.9 Å². The number of aliphatic imine (C=N–C) groups is 1. The molecule has 2 aromatic carbocycles. The number of fused-ring (bicyclic) bond motifs is 1. The lowest BCUT2D eigenvalue weighted by Gasteiger charge is -2.23. The second-order valence-electron chi connectivity index (χ2n) is 8.13. The molecule has 0 spiro atoms. The molecule has 6 nitrogen and oxygen atoms in total. The molecule has 0 aromatic heterocycles. The molecule has 31 heavy (non-hydrogen) atoms. The molecule has 0 bridgehead atoms. The van der Waals surface area contributed by atoms with Gasteiger partial charge in [0.05, 0.1) is 11.4 Å². The number of benzodiazepines with no additional fused rings is 1. The van der Waals surface area contributed by atoms with Crippen LogP contribution >= 0.6 is 0 Å². The fraction of sp³-hybridized carbons (Fsp3) is 0.375. The zero-order chi connectivity index (χ0) is 21.8. The van der Waals surface area contributed by atoms with Gasteiger partial charge in [-0.15, -0.1) is 0 Å². The third-order valence-corrected chi connectivity index (χ3v) is 6.02. The molecule has 1 unspecified atom stereocenters. The van der Waals surface area contributed by atoms with Gasteiger partial charge < -0.3 is 15.5 Å². The molecule has 2 aliphatic rings. The van der Waals surface area contributed by atoms with E-state index < -0.39 is 18.0 Å². The summed E-state index contributed by atoms with van der Waals surface area (Å²) in [6.07, 6.45) is 4.69. The van der Waals surface area contributed by atoms with Crippen LogP contribution < -0.4 is 15.5 Å². The topological polar surface area (TPSA) is 73.8 Å². The smallest absolute Gasteiger partial charge is 0.316 e. The van der Waals surface area contributed by atoms with Crippen molar-refractivity contribution >= 4 is 23.3 Å². The van der Waals surface area contributed by atoms with Gasteiger partial charge in [0.15, 0.2) is 0 Å². The van der Waals surface area contributed by atoms with E-state index in [0.29, 0.717) is 29.4 Å². The Kier molecular flexibility index (Phi) is 6.30. The SMILES string of the molecule is CN1C(=O)C(NC(=O)NCC2CCCCC2)N=C(c2ccccc2F)c2ccccc21. The van der Waals surface area contributed by atoms with E-state index in [2.05, 4.69) is 15.6 Å². The summed E-state index contributed by atoms with van der Waals surface area (Å²) in [7, 11) is 1.63. The molecule has 162 valence electrons. The van der Waals surface area contributed by atoms with E-state index in [1.165, 1.54) is 30.2 Å². The van der Waals surface area contributed by atoms with Crippen LogP contribution in [0, 0.1) is 11.7 Å².